The Hall–Kier alpha value is -8.00. The smallest absolute Gasteiger partial charge is 0.143 e. The van der Waals surface area contributed by atoms with Crippen LogP contribution in [0, 0.1) is 0 Å². The van der Waals surface area contributed by atoms with E-state index in [9.17, 15) is 0 Å². The van der Waals surface area contributed by atoms with E-state index in [1.807, 2.05) is 6.08 Å². The number of hydrogen-bond acceptors (Lipinski definition) is 1. The summed E-state index contributed by atoms with van der Waals surface area (Å²) in [5.74, 6) is 0.864. The Bertz CT molecular complexity index is 3940. The molecular weight excluding hydrogens is 749 g/mol. The molecule has 0 saturated heterocycles. The molecule has 0 bridgehead atoms. The van der Waals surface area contributed by atoms with Gasteiger partial charge in [-0.15, -0.1) is 0 Å². The van der Waals surface area contributed by atoms with Gasteiger partial charge in [-0.1, -0.05) is 196 Å². The number of hydrogen-bond donors (Lipinski definition) is 0. The van der Waals surface area contributed by atoms with Gasteiger partial charge < -0.3 is 4.42 Å². The lowest BCUT2D eigenvalue weighted by Crippen LogP contribution is -2.13. The van der Waals surface area contributed by atoms with Gasteiger partial charge >= 0.3 is 0 Å². The van der Waals surface area contributed by atoms with Crippen LogP contribution in [0.15, 0.2) is 200 Å². The largest absolute Gasteiger partial charge is 0.455 e. The molecular formula is C61H40O. The second-order valence-corrected chi connectivity index (χ2v) is 16.5. The minimum Gasteiger partial charge on any atom is -0.455 e. The van der Waals surface area contributed by atoms with Crippen LogP contribution in [-0.2, 0) is 0 Å². The standard InChI is InChI=1S/C61H40O/c1-5-36(3)54-37(4)20-28-50-46(29-23-38(6-2)56(50)54)44-26-31-48-49-32-27-45(47-30-24-42-22-21-40-18-13-19-41-25-33-51(47)57(42)55(40)41)35-53(49)61-59(52(48)34-44)58(39-14-9-7-10-15-39)60(62-61)43-16-11-8-12-17-43/h5-35H,1,3-4H2,2H3/b38-6-. The molecule has 12 rings (SSSR count). The highest BCUT2D eigenvalue weighted by molar-refractivity contribution is 6.30. The highest BCUT2D eigenvalue weighted by Gasteiger charge is 2.24. The highest BCUT2D eigenvalue weighted by atomic mass is 16.3. The lowest BCUT2D eigenvalue weighted by atomic mass is 9.87. The van der Waals surface area contributed by atoms with E-state index in [4.69, 9.17) is 4.42 Å². The minimum absolute atomic E-state index is 0.864. The lowest BCUT2D eigenvalue weighted by Gasteiger charge is -2.16. The number of rotatable bonds is 6. The first kappa shape index (κ1) is 35.9. The summed E-state index contributed by atoms with van der Waals surface area (Å²) in [7, 11) is 0. The quantitative estimate of drug-likeness (QED) is 0.121. The molecule has 1 heteroatoms. The maximum Gasteiger partial charge on any atom is 0.143 e. The van der Waals surface area contributed by atoms with Crippen LogP contribution in [0.3, 0.4) is 0 Å². The zero-order valence-electron chi connectivity index (χ0n) is 34.4. The first-order valence-electron chi connectivity index (χ1n) is 21.3. The molecule has 12 aromatic rings. The van der Waals surface area contributed by atoms with Crippen molar-refractivity contribution >= 4 is 93.8 Å². The second-order valence-electron chi connectivity index (χ2n) is 16.5. The molecule has 0 amide bonds. The number of furan rings is 1. The molecule has 0 aliphatic heterocycles. The maximum absolute atomic E-state index is 7.32. The lowest BCUT2D eigenvalue weighted by molar-refractivity contribution is 0.636. The van der Waals surface area contributed by atoms with Crippen molar-refractivity contribution in [2.75, 3.05) is 0 Å². The van der Waals surface area contributed by atoms with Gasteiger partial charge in [0.15, 0.2) is 0 Å². The van der Waals surface area contributed by atoms with Gasteiger partial charge in [-0.05, 0) is 128 Å². The molecule has 0 aliphatic rings. The molecule has 0 saturated carbocycles. The highest BCUT2D eigenvalue weighted by Crippen LogP contribution is 2.49. The monoisotopic (exact) mass is 788 g/mol. The van der Waals surface area contributed by atoms with E-state index in [2.05, 4.69) is 209 Å². The summed E-state index contributed by atoms with van der Waals surface area (Å²) >= 11 is 0. The van der Waals surface area contributed by atoms with Gasteiger partial charge in [0.1, 0.15) is 11.3 Å². The van der Waals surface area contributed by atoms with Crippen LogP contribution in [0.5, 0.6) is 0 Å². The Morgan fingerprint density at radius 3 is 1.73 bits per heavy atom. The summed E-state index contributed by atoms with van der Waals surface area (Å²) in [4.78, 5) is 0. The van der Waals surface area contributed by atoms with Crippen LogP contribution < -0.4 is 10.4 Å². The minimum atomic E-state index is 0.864. The number of allylic oxidation sites excluding steroid dienone is 2. The predicted octanol–water partition coefficient (Wildman–Crippen LogP) is 15.9. The molecule has 290 valence electrons. The summed E-state index contributed by atoms with van der Waals surface area (Å²) in [6.45, 7) is 15.0. The van der Waals surface area contributed by atoms with E-state index >= 15 is 0 Å². The molecule has 1 heterocycles. The second kappa shape index (κ2) is 13.8. The van der Waals surface area contributed by atoms with Crippen LogP contribution in [0.2, 0.25) is 0 Å². The molecule has 0 atom stereocenters. The fraction of sp³-hybridized carbons (Fsp3) is 0.0164. The van der Waals surface area contributed by atoms with E-state index in [-0.39, 0.29) is 0 Å². The van der Waals surface area contributed by atoms with Crippen molar-refractivity contribution in [3.63, 3.8) is 0 Å². The number of fused-ring (bicyclic) bond motifs is 7. The van der Waals surface area contributed by atoms with Crippen molar-refractivity contribution in [1.82, 2.24) is 0 Å². The third kappa shape index (κ3) is 5.22. The number of benzene rings is 11. The summed E-state index contributed by atoms with van der Waals surface area (Å²) in [5, 5.41) is 17.7. The van der Waals surface area contributed by atoms with Gasteiger partial charge in [0, 0.05) is 21.9 Å². The molecule has 62 heavy (non-hydrogen) atoms. The van der Waals surface area contributed by atoms with Crippen molar-refractivity contribution in [2.45, 2.75) is 6.92 Å². The third-order valence-corrected chi connectivity index (χ3v) is 13.2. The van der Waals surface area contributed by atoms with Crippen LogP contribution in [0.1, 0.15) is 12.5 Å². The first-order valence-corrected chi connectivity index (χ1v) is 21.3. The average Bonchev–Trinajstić information content (AvgIpc) is 3.74. The zero-order valence-corrected chi connectivity index (χ0v) is 34.4. The Kier molecular flexibility index (Phi) is 7.98. The first-order chi connectivity index (χ1) is 30.5. The average molecular weight is 789 g/mol. The van der Waals surface area contributed by atoms with Crippen LogP contribution in [0.4, 0.5) is 0 Å². The third-order valence-electron chi connectivity index (χ3n) is 13.2. The molecule has 1 aromatic heterocycles. The van der Waals surface area contributed by atoms with Crippen molar-refractivity contribution in [3.05, 3.63) is 211 Å². The van der Waals surface area contributed by atoms with Gasteiger partial charge in [-0.2, -0.15) is 0 Å². The van der Waals surface area contributed by atoms with Gasteiger partial charge in [0.2, 0.25) is 0 Å². The van der Waals surface area contributed by atoms with Crippen LogP contribution >= 0.6 is 0 Å². The fourth-order valence-electron chi connectivity index (χ4n) is 10.3. The summed E-state index contributed by atoms with van der Waals surface area (Å²) < 4.78 is 7.32. The molecule has 11 aromatic carbocycles. The topological polar surface area (TPSA) is 13.1 Å². The van der Waals surface area contributed by atoms with Gasteiger partial charge in [0.05, 0.1) is 0 Å². The summed E-state index contributed by atoms with van der Waals surface area (Å²) in [5.41, 5.74) is 10.7. The van der Waals surface area contributed by atoms with Crippen molar-refractivity contribution < 1.29 is 4.42 Å². The molecule has 0 spiro atoms. The van der Waals surface area contributed by atoms with Crippen molar-refractivity contribution in [2.24, 2.45) is 0 Å². The van der Waals surface area contributed by atoms with E-state index in [0.29, 0.717) is 0 Å². The Balaban J connectivity index is 1.19. The van der Waals surface area contributed by atoms with E-state index in [1.165, 1.54) is 43.3 Å². The van der Waals surface area contributed by atoms with Gasteiger partial charge in [-0.25, -0.2) is 0 Å². The molecule has 0 unspecified atom stereocenters. The fourth-order valence-corrected chi connectivity index (χ4v) is 10.3. The van der Waals surface area contributed by atoms with Gasteiger partial charge in [-0.3, -0.25) is 0 Å². The zero-order chi connectivity index (χ0) is 41.6. The molecule has 0 N–H and O–H groups in total. The Morgan fingerprint density at radius 2 is 1.03 bits per heavy atom. The molecule has 0 radical (unpaired) electrons. The van der Waals surface area contributed by atoms with E-state index in [0.717, 1.165) is 98.6 Å². The van der Waals surface area contributed by atoms with Crippen molar-refractivity contribution in [1.29, 1.82) is 0 Å². The van der Waals surface area contributed by atoms with Crippen LogP contribution in [0.25, 0.3) is 139 Å². The molecule has 1 nitrogen and oxygen atoms in total. The van der Waals surface area contributed by atoms with Crippen molar-refractivity contribution in [3.8, 4) is 44.7 Å². The Labute approximate surface area is 359 Å². The predicted molar refractivity (Wildman–Crippen MR) is 268 cm³/mol. The normalized spacial score (nSPS) is 12.2. The van der Waals surface area contributed by atoms with E-state index < -0.39 is 0 Å². The maximum atomic E-state index is 7.32. The Morgan fingerprint density at radius 1 is 0.468 bits per heavy atom. The SMILES string of the molecule is C=CC(=C)c1c(=C)ccc2c(-c3ccc4c5ccc(-c6ccc7ccc8cccc9ccc6c7c89)cc5c5oc(-c6ccccc6)c(-c6ccccc6)c5c4c3)cc/c(=C/C)c12. The van der Waals surface area contributed by atoms with Gasteiger partial charge in [0.25, 0.3) is 0 Å². The summed E-state index contributed by atoms with van der Waals surface area (Å²) in [6, 6.07) is 64.3. The molecule has 0 fully saturated rings. The van der Waals surface area contributed by atoms with Crippen LogP contribution in [-0.4, -0.2) is 0 Å². The molecule has 0 aliphatic carbocycles. The summed E-state index contributed by atoms with van der Waals surface area (Å²) in [6.07, 6.45) is 4.00. The van der Waals surface area contributed by atoms with E-state index in [1.54, 1.807) is 0 Å².